The van der Waals surface area contributed by atoms with Crippen molar-refractivity contribution in [3.05, 3.63) is 77.4 Å². The smallest absolute Gasteiger partial charge is 0.276 e. The average Bonchev–Trinajstić information content (AvgIpc) is 3.65. The number of benzene rings is 2. The zero-order valence-corrected chi connectivity index (χ0v) is 22.2. The highest BCUT2D eigenvalue weighted by atomic mass is 16.5. The summed E-state index contributed by atoms with van der Waals surface area (Å²) in [5.41, 5.74) is 1.89. The molecule has 0 bridgehead atoms. The fraction of sp³-hybridized carbons (Fsp3) is 0.379. The lowest BCUT2D eigenvalue weighted by atomic mass is 9.93. The normalized spacial score (nSPS) is 18.8. The van der Waals surface area contributed by atoms with E-state index in [1.165, 1.54) is 11.9 Å². The first-order valence-corrected chi connectivity index (χ1v) is 12.9. The van der Waals surface area contributed by atoms with Gasteiger partial charge >= 0.3 is 0 Å². The zero-order chi connectivity index (χ0) is 27.0. The van der Waals surface area contributed by atoms with E-state index in [4.69, 9.17) is 4.74 Å². The van der Waals surface area contributed by atoms with Gasteiger partial charge in [-0.05, 0) is 61.1 Å². The highest BCUT2D eigenvalue weighted by molar-refractivity contribution is 6.11. The summed E-state index contributed by atoms with van der Waals surface area (Å²) in [6.07, 6.45) is 3.12. The summed E-state index contributed by atoms with van der Waals surface area (Å²) in [5.74, 6) is 0.0778. The molecule has 2 N–H and O–H groups in total. The molecule has 1 fully saturated rings. The van der Waals surface area contributed by atoms with Crippen molar-refractivity contribution < 1.29 is 19.1 Å². The molecule has 2 aromatic carbocycles. The molecule has 38 heavy (non-hydrogen) atoms. The maximum Gasteiger partial charge on any atom is 0.276 e. The van der Waals surface area contributed by atoms with Gasteiger partial charge in [-0.3, -0.25) is 14.4 Å². The van der Waals surface area contributed by atoms with Crippen molar-refractivity contribution in [2.75, 3.05) is 12.4 Å². The minimum atomic E-state index is -1.11. The van der Waals surface area contributed by atoms with Crippen LogP contribution in [-0.2, 0) is 17.9 Å². The molecular weight excluding hydrogens is 482 g/mol. The summed E-state index contributed by atoms with van der Waals surface area (Å²) >= 11 is 0. The lowest BCUT2D eigenvalue weighted by molar-refractivity contribution is -0.133. The number of aromatic nitrogens is 2. The Morgan fingerprint density at radius 3 is 2.39 bits per heavy atom. The molecule has 2 heterocycles. The quantitative estimate of drug-likeness (QED) is 0.473. The third kappa shape index (κ3) is 4.76. The molecule has 2 aliphatic rings. The molecule has 1 atom stereocenters. The molecule has 9 heteroatoms. The standard InChI is InChI=1S/C29H33N5O4/c1-18(2)20-7-9-21(10-8-20)32-26(35)24-25-27(36)34(22-11-12-22)29(3,16-33(25)17-31-24)28(37)30-15-19-5-13-23(38-4)14-6-19/h5-10,13-14,17-18,22H,11-12,15-16H2,1-4H3,(H,30,37)(H,32,35)/t29-/m1/s1. The summed E-state index contributed by atoms with van der Waals surface area (Å²) < 4.78 is 6.82. The maximum absolute atomic E-state index is 13.8. The second-order valence-corrected chi connectivity index (χ2v) is 10.5. The summed E-state index contributed by atoms with van der Waals surface area (Å²) in [6.45, 7) is 6.53. The number of imidazole rings is 1. The van der Waals surface area contributed by atoms with Gasteiger partial charge in [-0.15, -0.1) is 0 Å². The van der Waals surface area contributed by atoms with E-state index in [1.54, 1.807) is 23.5 Å². The third-order valence-electron chi connectivity index (χ3n) is 7.33. The van der Waals surface area contributed by atoms with Crippen LogP contribution in [0.25, 0.3) is 0 Å². The number of carbonyl (C=O) groups excluding carboxylic acids is 3. The van der Waals surface area contributed by atoms with Crippen LogP contribution in [0.1, 0.15) is 71.6 Å². The van der Waals surface area contributed by atoms with Crippen LogP contribution in [0.4, 0.5) is 5.69 Å². The largest absolute Gasteiger partial charge is 0.497 e. The molecule has 0 radical (unpaired) electrons. The number of fused-ring (bicyclic) bond motifs is 1. The number of hydrogen-bond acceptors (Lipinski definition) is 5. The molecule has 1 saturated carbocycles. The van der Waals surface area contributed by atoms with Crippen LogP contribution in [0, 0.1) is 0 Å². The van der Waals surface area contributed by atoms with E-state index in [2.05, 4.69) is 29.5 Å². The number of anilines is 1. The number of carbonyl (C=O) groups is 3. The Bertz CT molecular complexity index is 1360. The zero-order valence-electron chi connectivity index (χ0n) is 22.2. The number of hydrogen-bond donors (Lipinski definition) is 2. The summed E-state index contributed by atoms with van der Waals surface area (Å²) in [6, 6.07) is 15.1. The number of amides is 3. The predicted octanol–water partition coefficient (Wildman–Crippen LogP) is 3.96. The van der Waals surface area contributed by atoms with Crippen molar-refractivity contribution in [3.8, 4) is 5.75 Å². The van der Waals surface area contributed by atoms with Crippen molar-refractivity contribution in [2.24, 2.45) is 0 Å². The third-order valence-corrected chi connectivity index (χ3v) is 7.33. The summed E-state index contributed by atoms with van der Waals surface area (Å²) in [5, 5.41) is 5.86. The van der Waals surface area contributed by atoms with Crippen LogP contribution < -0.4 is 15.4 Å². The van der Waals surface area contributed by atoms with Crippen molar-refractivity contribution in [2.45, 2.75) is 64.2 Å². The SMILES string of the molecule is COc1ccc(CNC(=O)[C@@]2(C)Cn3cnc(C(=O)Nc4ccc(C(C)C)cc4)c3C(=O)N2C2CC2)cc1. The van der Waals surface area contributed by atoms with Crippen LogP contribution in [0.2, 0.25) is 0 Å². The highest BCUT2D eigenvalue weighted by Crippen LogP contribution is 2.39. The Morgan fingerprint density at radius 1 is 1.11 bits per heavy atom. The Balaban J connectivity index is 1.36. The van der Waals surface area contributed by atoms with E-state index in [1.807, 2.05) is 48.5 Å². The van der Waals surface area contributed by atoms with Gasteiger partial charge in [0.2, 0.25) is 5.91 Å². The molecule has 5 rings (SSSR count). The van der Waals surface area contributed by atoms with Gasteiger partial charge in [0.25, 0.3) is 11.8 Å². The first-order chi connectivity index (χ1) is 18.2. The van der Waals surface area contributed by atoms with E-state index in [0.717, 1.165) is 24.2 Å². The molecule has 198 valence electrons. The number of nitrogens with zero attached hydrogens (tertiary/aromatic N) is 3. The molecule has 0 spiro atoms. The molecule has 9 nitrogen and oxygen atoms in total. The van der Waals surface area contributed by atoms with Gasteiger partial charge in [-0.1, -0.05) is 38.1 Å². The minimum absolute atomic E-state index is 0.0395. The molecule has 0 saturated heterocycles. The number of methoxy groups -OCH3 is 1. The van der Waals surface area contributed by atoms with Gasteiger partial charge in [0.05, 0.1) is 20.0 Å². The molecule has 0 unspecified atom stereocenters. The van der Waals surface area contributed by atoms with Crippen molar-refractivity contribution in [1.29, 1.82) is 0 Å². The number of nitrogens with one attached hydrogen (secondary N) is 2. The lowest BCUT2D eigenvalue weighted by Gasteiger charge is -2.44. The van der Waals surface area contributed by atoms with E-state index in [-0.39, 0.29) is 35.8 Å². The van der Waals surface area contributed by atoms with Gasteiger partial charge in [-0.25, -0.2) is 4.98 Å². The fourth-order valence-electron chi connectivity index (χ4n) is 4.98. The second kappa shape index (κ2) is 9.96. The molecule has 3 aromatic rings. The van der Waals surface area contributed by atoms with Gasteiger partial charge < -0.3 is 24.8 Å². The number of rotatable bonds is 8. The summed E-state index contributed by atoms with van der Waals surface area (Å²) in [7, 11) is 1.60. The molecule has 3 amide bonds. The highest BCUT2D eigenvalue weighted by Gasteiger charge is 2.53. The molecule has 1 aromatic heterocycles. The summed E-state index contributed by atoms with van der Waals surface area (Å²) in [4.78, 5) is 46.5. The topological polar surface area (TPSA) is 106 Å². The Morgan fingerprint density at radius 2 is 1.79 bits per heavy atom. The van der Waals surface area contributed by atoms with Crippen LogP contribution in [0.3, 0.4) is 0 Å². The van der Waals surface area contributed by atoms with E-state index < -0.39 is 11.4 Å². The lowest BCUT2D eigenvalue weighted by Crippen LogP contribution is -2.64. The van der Waals surface area contributed by atoms with Crippen LogP contribution in [0.15, 0.2) is 54.9 Å². The van der Waals surface area contributed by atoms with Gasteiger partial charge in [0.1, 0.15) is 17.0 Å². The van der Waals surface area contributed by atoms with Crippen molar-refractivity contribution >= 4 is 23.4 Å². The molecule has 1 aliphatic heterocycles. The van der Waals surface area contributed by atoms with Crippen LogP contribution in [0.5, 0.6) is 5.75 Å². The Kier molecular flexibility index (Phi) is 6.69. The Labute approximate surface area is 222 Å². The maximum atomic E-state index is 13.8. The van der Waals surface area contributed by atoms with Gasteiger partial charge in [-0.2, -0.15) is 0 Å². The minimum Gasteiger partial charge on any atom is -0.497 e. The monoisotopic (exact) mass is 515 g/mol. The fourth-order valence-corrected chi connectivity index (χ4v) is 4.98. The van der Waals surface area contributed by atoms with Crippen LogP contribution in [-0.4, -0.2) is 50.9 Å². The predicted molar refractivity (Wildman–Crippen MR) is 143 cm³/mol. The first-order valence-electron chi connectivity index (χ1n) is 12.9. The van der Waals surface area contributed by atoms with Gasteiger partial charge in [0.15, 0.2) is 5.69 Å². The number of ether oxygens (including phenoxy) is 1. The van der Waals surface area contributed by atoms with Crippen LogP contribution >= 0.6 is 0 Å². The van der Waals surface area contributed by atoms with E-state index >= 15 is 0 Å². The molecule has 1 aliphatic carbocycles. The van der Waals surface area contributed by atoms with E-state index in [0.29, 0.717) is 18.2 Å². The second-order valence-electron chi connectivity index (χ2n) is 10.5. The molecular formula is C29H33N5O4. The Hall–Kier alpha value is -4.14. The van der Waals surface area contributed by atoms with Gasteiger partial charge in [0, 0.05) is 18.3 Å². The first kappa shape index (κ1) is 25.5. The van der Waals surface area contributed by atoms with E-state index in [9.17, 15) is 14.4 Å². The van der Waals surface area contributed by atoms with Crippen molar-refractivity contribution in [1.82, 2.24) is 19.8 Å². The van der Waals surface area contributed by atoms with Crippen molar-refractivity contribution in [3.63, 3.8) is 0 Å². The average molecular weight is 516 g/mol.